The van der Waals surface area contributed by atoms with Gasteiger partial charge in [0.1, 0.15) is 29.1 Å². The van der Waals surface area contributed by atoms with Crippen LogP contribution >= 0.6 is 31.9 Å². The van der Waals surface area contributed by atoms with Crippen molar-refractivity contribution in [3.05, 3.63) is 81.0 Å². The highest BCUT2D eigenvalue weighted by atomic mass is 79.9. The van der Waals surface area contributed by atoms with Crippen molar-refractivity contribution in [3.63, 3.8) is 0 Å². The molecule has 2 aliphatic rings. The second kappa shape index (κ2) is 15.9. The van der Waals surface area contributed by atoms with Crippen molar-refractivity contribution in [2.75, 3.05) is 14.2 Å². The van der Waals surface area contributed by atoms with Gasteiger partial charge >= 0.3 is 0 Å². The lowest BCUT2D eigenvalue weighted by atomic mass is 10.3. The summed E-state index contributed by atoms with van der Waals surface area (Å²) >= 11 is 6.90. The van der Waals surface area contributed by atoms with Crippen LogP contribution in [-0.4, -0.2) is 64.4 Å². The van der Waals surface area contributed by atoms with E-state index in [-0.39, 0.29) is 12.4 Å². The molecule has 2 aliphatic carbocycles. The molecular formula is C34H36Br2N8O5. The van der Waals surface area contributed by atoms with Crippen molar-refractivity contribution < 1.29 is 24.4 Å². The SMILES string of the molecule is COc1cccc(CO)n1.COc1cccc(COc2ccc3c(nnn3CC3CC3)c2Br)n1.Oc1ccc2c(nnn2CC2CC2)c1Br. The molecular weight excluding hydrogens is 760 g/mol. The second-order valence-corrected chi connectivity index (χ2v) is 13.3. The van der Waals surface area contributed by atoms with Gasteiger partial charge in [-0.15, -0.1) is 10.2 Å². The number of fused-ring (bicyclic) bond motifs is 2. The number of aliphatic hydroxyl groups is 1. The zero-order chi connectivity index (χ0) is 34.3. The maximum absolute atomic E-state index is 9.50. The van der Waals surface area contributed by atoms with Gasteiger partial charge in [-0.2, -0.15) is 0 Å². The van der Waals surface area contributed by atoms with Crippen LogP contribution in [-0.2, 0) is 26.3 Å². The van der Waals surface area contributed by atoms with E-state index in [0.29, 0.717) is 28.5 Å². The van der Waals surface area contributed by atoms with Crippen molar-refractivity contribution in [3.8, 4) is 23.3 Å². The number of ether oxygens (including phenoxy) is 3. The number of benzene rings is 2. The van der Waals surface area contributed by atoms with E-state index in [1.54, 1.807) is 38.5 Å². The van der Waals surface area contributed by atoms with Crippen LogP contribution in [0.2, 0.25) is 0 Å². The molecule has 0 radical (unpaired) electrons. The monoisotopic (exact) mass is 794 g/mol. The molecule has 6 aromatic rings. The molecule has 0 unspecified atom stereocenters. The van der Waals surface area contributed by atoms with Crippen molar-refractivity contribution in [2.24, 2.45) is 11.8 Å². The van der Waals surface area contributed by atoms with E-state index in [0.717, 1.165) is 62.9 Å². The Hall–Kier alpha value is -4.34. The molecule has 0 atom stereocenters. The molecule has 15 heteroatoms. The normalized spacial score (nSPS) is 13.7. The Labute approximate surface area is 299 Å². The first kappa shape index (κ1) is 34.5. The Balaban J connectivity index is 0.000000142. The summed E-state index contributed by atoms with van der Waals surface area (Å²) in [6, 6.07) is 18.4. The van der Waals surface area contributed by atoms with Crippen molar-refractivity contribution in [2.45, 2.75) is 52.0 Å². The maximum Gasteiger partial charge on any atom is 0.213 e. The first-order valence-corrected chi connectivity index (χ1v) is 17.4. The molecule has 2 N–H and O–H groups in total. The molecule has 4 heterocycles. The van der Waals surface area contributed by atoms with Crippen LogP contribution in [0.25, 0.3) is 22.1 Å². The van der Waals surface area contributed by atoms with E-state index < -0.39 is 0 Å². The Bertz CT molecular complexity index is 2010. The fourth-order valence-electron chi connectivity index (χ4n) is 4.91. The number of aromatic nitrogens is 8. The molecule has 2 saturated carbocycles. The molecule has 13 nitrogen and oxygen atoms in total. The third kappa shape index (κ3) is 8.83. The Kier molecular flexibility index (Phi) is 11.2. The highest BCUT2D eigenvalue weighted by molar-refractivity contribution is 9.11. The summed E-state index contributed by atoms with van der Waals surface area (Å²) in [5.41, 5.74) is 4.99. The minimum atomic E-state index is -0.0444. The summed E-state index contributed by atoms with van der Waals surface area (Å²) < 4.78 is 21.2. The average Bonchev–Trinajstić information content (AvgIpc) is 4.06. The summed E-state index contributed by atoms with van der Waals surface area (Å²) in [4.78, 5) is 8.28. The topological polar surface area (TPSA) is 155 Å². The number of hydrogen-bond acceptors (Lipinski definition) is 11. The number of hydrogen-bond donors (Lipinski definition) is 2. The lowest BCUT2D eigenvalue weighted by Gasteiger charge is -2.09. The smallest absolute Gasteiger partial charge is 0.213 e. The Morgan fingerprint density at radius 1 is 0.714 bits per heavy atom. The van der Waals surface area contributed by atoms with E-state index in [9.17, 15) is 5.11 Å². The van der Waals surface area contributed by atoms with Gasteiger partial charge in [0.2, 0.25) is 11.8 Å². The van der Waals surface area contributed by atoms with Crippen LogP contribution < -0.4 is 14.2 Å². The van der Waals surface area contributed by atoms with Crippen LogP contribution in [0.1, 0.15) is 37.1 Å². The quantitative estimate of drug-likeness (QED) is 0.157. The van der Waals surface area contributed by atoms with Crippen molar-refractivity contribution in [1.29, 1.82) is 0 Å². The number of aliphatic hydroxyl groups excluding tert-OH is 1. The van der Waals surface area contributed by atoms with E-state index in [1.807, 2.05) is 45.8 Å². The number of rotatable bonds is 10. The molecule has 0 amide bonds. The zero-order valence-corrected chi connectivity index (χ0v) is 30.2. The summed E-state index contributed by atoms with van der Waals surface area (Å²) in [5, 5.41) is 34.9. The predicted octanol–water partition coefficient (Wildman–Crippen LogP) is 6.48. The lowest BCUT2D eigenvalue weighted by molar-refractivity contribution is 0.274. The molecule has 0 saturated heterocycles. The van der Waals surface area contributed by atoms with E-state index in [2.05, 4.69) is 62.5 Å². The van der Waals surface area contributed by atoms with Gasteiger partial charge in [0.05, 0.1) is 52.2 Å². The Morgan fingerprint density at radius 2 is 1.24 bits per heavy atom. The molecule has 49 heavy (non-hydrogen) atoms. The first-order chi connectivity index (χ1) is 23.9. The van der Waals surface area contributed by atoms with Crippen LogP contribution in [0, 0.1) is 11.8 Å². The third-order valence-corrected chi connectivity index (χ3v) is 9.52. The minimum Gasteiger partial charge on any atom is -0.507 e. The summed E-state index contributed by atoms with van der Waals surface area (Å²) in [6.45, 7) is 2.19. The summed E-state index contributed by atoms with van der Waals surface area (Å²) in [5.74, 6) is 3.57. The van der Waals surface area contributed by atoms with Gasteiger partial charge in [-0.3, -0.25) is 0 Å². The number of phenols is 1. The number of aromatic hydroxyl groups is 1. The molecule has 0 bridgehead atoms. The van der Waals surface area contributed by atoms with Gasteiger partial charge < -0.3 is 24.4 Å². The number of pyridine rings is 2. The number of phenolic OH excluding ortho intramolecular Hbond substituents is 1. The standard InChI is InChI=1S/C17H17BrN4O2.C10H10BrN3O.C7H9NO2/c1-23-15-4-2-3-12(19-15)10-24-14-8-7-13-17(16(14)18)20-21-22(13)9-11-5-6-11;11-9-8(15)4-3-7-10(9)12-13-14(7)5-6-1-2-6;1-10-7-4-2-3-6(5-9)8-7/h2-4,7-8,11H,5-6,9-10H2,1H3;3-4,6,15H,1-2,5H2;2-4,9H,5H2,1H3. The number of nitrogens with zero attached hydrogens (tertiary/aromatic N) is 8. The van der Waals surface area contributed by atoms with Gasteiger partial charge in [-0.05, 0) is 106 Å². The molecule has 4 aromatic heterocycles. The van der Waals surface area contributed by atoms with Gasteiger partial charge in [0, 0.05) is 25.2 Å². The molecule has 2 aromatic carbocycles. The van der Waals surface area contributed by atoms with Crippen LogP contribution in [0.3, 0.4) is 0 Å². The fourth-order valence-corrected chi connectivity index (χ4v) is 5.86. The third-order valence-electron chi connectivity index (χ3n) is 7.97. The van der Waals surface area contributed by atoms with Crippen LogP contribution in [0.5, 0.6) is 23.3 Å². The molecule has 2 fully saturated rings. The maximum atomic E-state index is 9.50. The summed E-state index contributed by atoms with van der Waals surface area (Å²) in [6.07, 6.45) is 5.16. The van der Waals surface area contributed by atoms with E-state index in [1.165, 1.54) is 25.7 Å². The number of methoxy groups -OCH3 is 2. The van der Waals surface area contributed by atoms with Gasteiger partial charge in [0.15, 0.2) is 0 Å². The fraction of sp³-hybridized carbons (Fsp3) is 0.353. The highest BCUT2D eigenvalue weighted by Gasteiger charge is 2.24. The largest absolute Gasteiger partial charge is 0.507 e. The lowest BCUT2D eigenvalue weighted by Crippen LogP contribution is -2.02. The summed E-state index contributed by atoms with van der Waals surface area (Å²) in [7, 11) is 3.14. The Morgan fingerprint density at radius 3 is 1.80 bits per heavy atom. The van der Waals surface area contributed by atoms with Gasteiger partial charge in [-0.1, -0.05) is 22.6 Å². The van der Waals surface area contributed by atoms with Crippen molar-refractivity contribution in [1.82, 2.24) is 40.0 Å². The predicted molar refractivity (Wildman–Crippen MR) is 189 cm³/mol. The molecule has 8 rings (SSSR count). The average molecular weight is 797 g/mol. The zero-order valence-electron chi connectivity index (χ0n) is 27.0. The number of halogens is 2. The second-order valence-electron chi connectivity index (χ2n) is 11.7. The van der Waals surface area contributed by atoms with Crippen LogP contribution in [0.4, 0.5) is 0 Å². The first-order valence-electron chi connectivity index (χ1n) is 15.8. The van der Waals surface area contributed by atoms with E-state index in [4.69, 9.17) is 19.3 Å². The minimum absolute atomic E-state index is 0.0444. The van der Waals surface area contributed by atoms with Crippen molar-refractivity contribution >= 4 is 53.9 Å². The van der Waals surface area contributed by atoms with Crippen LogP contribution in [0.15, 0.2) is 69.6 Å². The molecule has 0 spiro atoms. The van der Waals surface area contributed by atoms with Gasteiger partial charge in [-0.25, -0.2) is 19.3 Å². The highest BCUT2D eigenvalue weighted by Crippen LogP contribution is 2.36. The molecule has 0 aliphatic heterocycles. The molecule has 256 valence electrons. The van der Waals surface area contributed by atoms with Gasteiger partial charge in [0.25, 0.3) is 0 Å². The van der Waals surface area contributed by atoms with E-state index >= 15 is 0 Å².